The van der Waals surface area contributed by atoms with Gasteiger partial charge in [0, 0.05) is 6.54 Å². The summed E-state index contributed by atoms with van der Waals surface area (Å²) in [4.78, 5) is 22.6. The number of nitroso groups, excluding NO2 is 1. The van der Waals surface area contributed by atoms with Gasteiger partial charge < -0.3 is 14.6 Å². The van der Waals surface area contributed by atoms with Crippen LogP contribution in [-0.4, -0.2) is 44.4 Å². The first-order valence-corrected chi connectivity index (χ1v) is 7.29. The largest absolute Gasteiger partial charge is 0.633 e. The zero-order chi connectivity index (χ0) is 16.6. The highest BCUT2D eigenvalue weighted by Gasteiger charge is 2.11. The van der Waals surface area contributed by atoms with Gasteiger partial charge in [0.05, 0.1) is 30.6 Å². The first-order chi connectivity index (χ1) is 10.4. The van der Waals surface area contributed by atoms with Gasteiger partial charge in [0.1, 0.15) is 13.2 Å². The SMILES string of the molecule is CCCCN(N=O)c1ccc(C(=O)OCC[N+](C)(C)[O-])cc1. The predicted octanol–water partition coefficient (Wildman–Crippen LogP) is 2.71. The Morgan fingerprint density at radius 3 is 2.45 bits per heavy atom. The van der Waals surface area contributed by atoms with Crippen LogP contribution in [0, 0.1) is 10.1 Å². The van der Waals surface area contributed by atoms with Crippen molar-refractivity contribution in [3.05, 3.63) is 39.9 Å². The molecule has 0 saturated heterocycles. The van der Waals surface area contributed by atoms with Crippen molar-refractivity contribution < 1.29 is 14.2 Å². The standard InChI is InChI=1S/C15H23N3O4/c1-4-5-10-17(16-20)14-8-6-13(7-9-14)15(19)22-12-11-18(2,3)21/h6-9H,4-5,10-12H2,1-3H3. The molecule has 0 aromatic heterocycles. The average molecular weight is 309 g/mol. The second kappa shape index (κ2) is 8.45. The van der Waals surface area contributed by atoms with E-state index in [2.05, 4.69) is 5.29 Å². The van der Waals surface area contributed by atoms with Crippen molar-refractivity contribution in [1.29, 1.82) is 0 Å². The zero-order valence-electron chi connectivity index (χ0n) is 13.3. The van der Waals surface area contributed by atoms with Gasteiger partial charge in [-0.2, -0.15) is 0 Å². The summed E-state index contributed by atoms with van der Waals surface area (Å²) in [6.07, 6.45) is 1.82. The summed E-state index contributed by atoms with van der Waals surface area (Å²) in [6.45, 7) is 2.84. The van der Waals surface area contributed by atoms with E-state index in [1.165, 1.54) is 19.1 Å². The molecule has 7 nitrogen and oxygen atoms in total. The van der Waals surface area contributed by atoms with Gasteiger partial charge in [-0.3, -0.25) is 0 Å². The predicted molar refractivity (Wildman–Crippen MR) is 85.1 cm³/mol. The van der Waals surface area contributed by atoms with Gasteiger partial charge in [-0.15, -0.1) is 4.91 Å². The molecule has 0 unspecified atom stereocenters. The normalized spacial score (nSPS) is 11.1. The number of nitrogens with zero attached hydrogens (tertiary/aromatic N) is 3. The van der Waals surface area contributed by atoms with E-state index in [-0.39, 0.29) is 13.2 Å². The molecule has 0 aliphatic carbocycles. The molecule has 0 heterocycles. The van der Waals surface area contributed by atoms with Crippen LogP contribution in [0.2, 0.25) is 0 Å². The Morgan fingerprint density at radius 1 is 1.32 bits per heavy atom. The van der Waals surface area contributed by atoms with Crippen molar-refractivity contribution >= 4 is 11.7 Å². The number of hydroxylamine groups is 3. The summed E-state index contributed by atoms with van der Waals surface area (Å²) < 4.78 is 4.53. The molecule has 1 aromatic rings. The second-order valence-electron chi connectivity index (χ2n) is 5.54. The summed E-state index contributed by atoms with van der Waals surface area (Å²) in [6, 6.07) is 6.47. The van der Waals surface area contributed by atoms with Crippen LogP contribution < -0.4 is 5.01 Å². The van der Waals surface area contributed by atoms with Crippen LogP contribution >= 0.6 is 0 Å². The molecule has 7 heteroatoms. The topological polar surface area (TPSA) is 82.0 Å². The minimum Gasteiger partial charge on any atom is -0.633 e. The number of hydrogen-bond donors (Lipinski definition) is 0. The molecule has 0 N–H and O–H groups in total. The highest BCUT2D eigenvalue weighted by Crippen LogP contribution is 2.17. The first-order valence-electron chi connectivity index (χ1n) is 7.29. The number of esters is 1. The highest BCUT2D eigenvalue weighted by molar-refractivity contribution is 5.89. The molecule has 0 saturated carbocycles. The van der Waals surface area contributed by atoms with Crippen molar-refractivity contribution in [2.75, 3.05) is 38.8 Å². The van der Waals surface area contributed by atoms with Crippen LogP contribution in [0.25, 0.3) is 0 Å². The molecule has 0 amide bonds. The lowest BCUT2D eigenvalue weighted by atomic mass is 10.2. The number of carbonyl (C=O) groups excluding carboxylic acids is 1. The number of ether oxygens (including phenoxy) is 1. The quantitative estimate of drug-likeness (QED) is 0.303. The van der Waals surface area contributed by atoms with Gasteiger partial charge in [0.2, 0.25) is 0 Å². The molecule has 1 rings (SSSR count). The first kappa shape index (κ1) is 18.1. The Kier molecular flexibility index (Phi) is 6.94. The Morgan fingerprint density at radius 2 is 1.95 bits per heavy atom. The lowest BCUT2D eigenvalue weighted by Crippen LogP contribution is -2.36. The Labute approximate surface area is 130 Å². The molecular weight excluding hydrogens is 286 g/mol. The van der Waals surface area contributed by atoms with Crippen LogP contribution in [0.1, 0.15) is 30.1 Å². The fourth-order valence-corrected chi connectivity index (χ4v) is 1.74. The molecule has 0 radical (unpaired) electrons. The van der Waals surface area contributed by atoms with E-state index in [1.807, 2.05) is 6.92 Å². The number of carbonyl (C=O) groups is 1. The highest BCUT2D eigenvalue weighted by atomic mass is 16.6. The van der Waals surface area contributed by atoms with Crippen molar-refractivity contribution in [3.8, 4) is 0 Å². The summed E-state index contributed by atoms with van der Waals surface area (Å²) in [5.74, 6) is -0.487. The number of quaternary nitrogens is 1. The molecule has 122 valence electrons. The number of unbranched alkanes of at least 4 members (excludes halogenated alkanes) is 1. The molecule has 0 fully saturated rings. The van der Waals surface area contributed by atoms with E-state index in [0.29, 0.717) is 17.8 Å². The van der Waals surface area contributed by atoms with Crippen molar-refractivity contribution in [2.45, 2.75) is 19.8 Å². The zero-order valence-corrected chi connectivity index (χ0v) is 13.3. The van der Waals surface area contributed by atoms with Gasteiger partial charge >= 0.3 is 5.97 Å². The number of hydrogen-bond acceptors (Lipinski definition) is 5. The number of benzene rings is 1. The monoisotopic (exact) mass is 309 g/mol. The maximum Gasteiger partial charge on any atom is 0.338 e. The van der Waals surface area contributed by atoms with Crippen molar-refractivity contribution in [3.63, 3.8) is 0 Å². The van der Waals surface area contributed by atoms with Crippen LogP contribution in [-0.2, 0) is 4.74 Å². The van der Waals surface area contributed by atoms with E-state index >= 15 is 0 Å². The molecule has 0 atom stereocenters. The molecule has 0 spiro atoms. The maximum atomic E-state index is 11.8. The van der Waals surface area contributed by atoms with Crippen LogP contribution in [0.4, 0.5) is 5.69 Å². The third kappa shape index (κ3) is 6.19. The minimum atomic E-state index is -0.510. The number of likely N-dealkylation sites (N-methyl/N-ethyl adjacent to an activating group) is 1. The Balaban J connectivity index is 2.59. The Bertz CT molecular complexity index is 483. The van der Waals surface area contributed by atoms with Gasteiger partial charge in [-0.25, -0.2) is 9.80 Å². The molecule has 0 aliphatic rings. The summed E-state index contributed by atoms with van der Waals surface area (Å²) in [7, 11) is 2.97. The summed E-state index contributed by atoms with van der Waals surface area (Å²) in [5, 5.41) is 15.7. The minimum absolute atomic E-state index is 0.0651. The fourth-order valence-electron chi connectivity index (χ4n) is 1.74. The van der Waals surface area contributed by atoms with Gasteiger partial charge in [-0.1, -0.05) is 13.3 Å². The average Bonchev–Trinajstić information content (AvgIpc) is 2.47. The van der Waals surface area contributed by atoms with Crippen LogP contribution in [0.3, 0.4) is 0 Å². The van der Waals surface area contributed by atoms with E-state index in [1.54, 1.807) is 24.3 Å². The van der Waals surface area contributed by atoms with Gasteiger partial charge in [-0.05, 0) is 30.7 Å². The summed E-state index contributed by atoms with van der Waals surface area (Å²) >= 11 is 0. The van der Waals surface area contributed by atoms with E-state index < -0.39 is 10.6 Å². The molecule has 22 heavy (non-hydrogen) atoms. The van der Waals surface area contributed by atoms with Gasteiger partial charge in [0.15, 0.2) is 0 Å². The second-order valence-corrected chi connectivity index (χ2v) is 5.54. The lowest BCUT2D eigenvalue weighted by Gasteiger charge is -2.33. The van der Waals surface area contributed by atoms with Crippen LogP contribution in [0.15, 0.2) is 29.6 Å². The lowest BCUT2D eigenvalue weighted by molar-refractivity contribution is -0.840. The smallest absolute Gasteiger partial charge is 0.338 e. The van der Waals surface area contributed by atoms with Crippen LogP contribution in [0.5, 0.6) is 0 Å². The third-order valence-electron chi connectivity index (χ3n) is 3.09. The third-order valence-corrected chi connectivity index (χ3v) is 3.09. The molecule has 1 aromatic carbocycles. The maximum absolute atomic E-state index is 11.8. The van der Waals surface area contributed by atoms with Crippen molar-refractivity contribution in [1.82, 2.24) is 0 Å². The molecule has 0 aliphatic heterocycles. The number of anilines is 1. The summed E-state index contributed by atoms with van der Waals surface area (Å²) in [5.41, 5.74) is 1.01. The Hall–Kier alpha value is -1.99. The molecule has 0 bridgehead atoms. The molecular formula is C15H23N3O4. The fraction of sp³-hybridized carbons (Fsp3) is 0.533. The van der Waals surface area contributed by atoms with E-state index in [9.17, 15) is 14.9 Å². The van der Waals surface area contributed by atoms with E-state index in [4.69, 9.17) is 4.74 Å². The van der Waals surface area contributed by atoms with Gasteiger partial charge in [0.25, 0.3) is 0 Å². The number of rotatable bonds is 9. The van der Waals surface area contributed by atoms with Crippen molar-refractivity contribution in [2.24, 2.45) is 5.29 Å². The van der Waals surface area contributed by atoms with E-state index in [0.717, 1.165) is 12.8 Å².